The van der Waals surface area contributed by atoms with Crippen LogP contribution in [-0.2, 0) is 14.3 Å². The van der Waals surface area contributed by atoms with Crippen LogP contribution in [0.4, 0.5) is 0 Å². The zero-order valence-corrected chi connectivity index (χ0v) is 15.6. The first kappa shape index (κ1) is 19.1. The summed E-state index contributed by atoms with van der Waals surface area (Å²) in [6, 6.07) is 19.8. The first-order valence-corrected chi connectivity index (χ1v) is 9.36. The van der Waals surface area contributed by atoms with Crippen LogP contribution < -0.4 is 5.32 Å². The van der Waals surface area contributed by atoms with Crippen molar-refractivity contribution in [3.63, 3.8) is 0 Å². The van der Waals surface area contributed by atoms with E-state index in [1.54, 1.807) is 4.90 Å². The van der Waals surface area contributed by atoms with Crippen LogP contribution in [0.5, 0.6) is 0 Å². The second-order valence-corrected chi connectivity index (χ2v) is 6.85. The number of carbonyl (C=O) groups excluding carboxylic acids is 2. The maximum Gasteiger partial charge on any atom is 0.248 e. The first-order chi connectivity index (χ1) is 13.2. The van der Waals surface area contributed by atoms with Gasteiger partial charge in [0.1, 0.15) is 6.61 Å². The van der Waals surface area contributed by atoms with E-state index in [-0.39, 0.29) is 30.4 Å². The highest BCUT2D eigenvalue weighted by molar-refractivity contribution is 5.87. The lowest BCUT2D eigenvalue weighted by Crippen LogP contribution is -2.48. The summed E-state index contributed by atoms with van der Waals surface area (Å²) < 4.78 is 4.92. The van der Waals surface area contributed by atoms with E-state index in [1.165, 1.54) is 7.11 Å². The fourth-order valence-corrected chi connectivity index (χ4v) is 3.56. The van der Waals surface area contributed by atoms with Crippen LogP contribution in [0.3, 0.4) is 0 Å². The van der Waals surface area contributed by atoms with Crippen molar-refractivity contribution < 1.29 is 14.3 Å². The highest BCUT2D eigenvalue weighted by atomic mass is 16.5. The maximum atomic E-state index is 13.1. The van der Waals surface area contributed by atoms with Gasteiger partial charge in [0.05, 0.1) is 5.92 Å². The summed E-state index contributed by atoms with van der Waals surface area (Å²) >= 11 is 0. The summed E-state index contributed by atoms with van der Waals surface area (Å²) in [7, 11) is 1.53. The van der Waals surface area contributed by atoms with E-state index in [0.717, 1.165) is 24.0 Å². The number of ether oxygens (including phenoxy) is 1. The number of hydrogen-bond acceptors (Lipinski definition) is 3. The third-order valence-corrected chi connectivity index (χ3v) is 4.99. The molecule has 1 heterocycles. The van der Waals surface area contributed by atoms with Crippen LogP contribution in [0, 0.1) is 0 Å². The van der Waals surface area contributed by atoms with E-state index in [0.29, 0.717) is 13.1 Å². The van der Waals surface area contributed by atoms with Crippen molar-refractivity contribution >= 4 is 11.8 Å². The predicted octanol–water partition coefficient (Wildman–Crippen LogP) is 2.57. The Morgan fingerprint density at radius 2 is 1.52 bits per heavy atom. The van der Waals surface area contributed by atoms with Gasteiger partial charge < -0.3 is 15.0 Å². The van der Waals surface area contributed by atoms with Gasteiger partial charge in [0.2, 0.25) is 11.8 Å². The molecule has 1 fully saturated rings. The van der Waals surface area contributed by atoms with Crippen LogP contribution in [0.25, 0.3) is 0 Å². The summed E-state index contributed by atoms with van der Waals surface area (Å²) in [5.74, 6) is -0.316. The number of rotatable bonds is 6. The zero-order chi connectivity index (χ0) is 19.1. The van der Waals surface area contributed by atoms with Crippen LogP contribution in [0.15, 0.2) is 60.7 Å². The zero-order valence-electron chi connectivity index (χ0n) is 15.6. The number of nitrogens with zero attached hydrogens (tertiary/aromatic N) is 1. The highest BCUT2D eigenvalue weighted by Crippen LogP contribution is 2.25. The standard InChI is InChI=1S/C22H26N2O3/c1-27-16-20(25)24-14-12-19(13-15-24)23-22(26)21(17-8-4-2-5-9-17)18-10-6-3-7-11-18/h2-11,19,21H,12-16H2,1H3,(H,23,26). The minimum Gasteiger partial charge on any atom is -0.375 e. The van der Waals surface area contributed by atoms with Crippen LogP contribution in [0.2, 0.25) is 0 Å². The molecule has 2 aromatic rings. The fourth-order valence-electron chi connectivity index (χ4n) is 3.56. The molecule has 5 heteroatoms. The van der Waals surface area contributed by atoms with Gasteiger partial charge in [0, 0.05) is 26.2 Å². The average Bonchev–Trinajstić information content (AvgIpc) is 2.70. The monoisotopic (exact) mass is 366 g/mol. The smallest absolute Gasteiger partial charge is 0.248 e. The molecule has 1 N–H and O–H groups in total. The summed E-state index contributed by atoms with van der Waals surface area (Å²) in [5.41, 5.74) is 1.96. The minimum absolute atomic E-state index is 0.00808. The molecule has 0 atom stereocenters. The topological polar surface area (TPSA) is 58.6 Å². The van der Waals surface area contributed by atoms with Crippen LogP contribution in [0.1, 0.15) is 29.9 Å². The van der Waals surface area contributed by atoms with Gasteiger partial charge in [0.25, 0.3) is 0 Å². The molecule has 142 valence electrons. The predicted molar refractivity (Wildman–Crippen MR) is 104 cm³/mol. The molecule has 5 nitrogen and oxygen atoms in total. The van der Waals surface area contributed by atoms with E-state index in [2.05, 4.69) is 5.32 Å². The second kappa shape index (κ2) is 9.33. The van der Waals surface area contributed by atoms with Crippen LogP contribution >= 0.6 is 0 Å². The minimum atomic E-state index is -0.333. The molecule has 27 heavy (non-hydrogen) atoms. The number of amides is 2. The first-order valence-electron chi connectivity index (χ1n) is 9.36. The normalized spacial score (nSPS) is 15.0. The number of piperidine rings is 1. The van der Waals surface area contributed by atoms with E-state index in [4.69, 9.17) is 4.74 Å². The molecule has 0 bridgehead atoms. The van der Waals surface area contributed by atoms with Gasteiger partial charge in [-0.15, -0.1) is 0 Å². The highest BCUT2D eigenvalue weighted by Gasteiger charge is 2.28. The Balaban J connectivity index is 1.67. The van der Waals surface area contributed by atoms with Gasteiger partial charge in [-0.05, 0) is 24.0 Å². The van der Waals surface area contributed by atoms with Crippen molar-refractivity contribution in [1.29, 1.82) is 0 Å². The molecule has 1 aliphatic heterocycles. The summed E-state index contributed by atoms with van der Waals surface area (Å²) in [6.07, 6.45) is 1.52. The molecule has 0 aromatic heterocycles. The molecule has 0 spiro atoms. The van der Waals surface area contributed by atoms with Crippen molar-refractivity contribution in [2.75, 3.05) is 26.8 Å². The van der Waals surface area contributed by atoms with Crippen molar-refractivity contribution in [1.82, 2.24) is 10.2 Å². The largest absolute Gasteiger partial charge is 0.375 e. The molecule has 1 saturated heterocycles. The molecule has 0 saturated carbocycles. The summed E-state index contributed by atoms with van der Waals surface area (Å²) in [6.45, 7) is 1.41. The number of carbonyl (C=O) groups is 2. The SMILES string of the molecule is COCC(=O)N1CCC(NC(=O)C(c2ccccc2)c2ccccc2)CC1. The quantitative estimate of drug-likeness (QED) is 0.855. The Labute approximate surface area is 160 Å². The van der Waals surface area contributed by atoms with Gasteiger partial charge in [0.15, 0.2) is 0 Å². The Morgan fingerprint density at radius 3 is 2.00 bits per heavy atom. The van der Waals surface area contributed by atoms with Crippen molar-refractivity contribution in [3.05, 3.63) is 71.8 Å². The summed E-state index contributed by atoms with van der Waals surface area (Å²) in [5, 5.41) is 3.20. The molecule has 1 aliphatic rings. The van der Waals surface area contributed by atoms with Crippen molar-refractivity contribution in [2.45, 2.75) is 24.8 Å². The van der Waals surface area contributed by atoms with Gasteiger partial charge in [-0.2, -0.15) is 0 Å². The molecular weight excluding hydrogens is 340 g/mol. The van der Waals surface area contributed by atoms with Gasteiger partial charge in [-0.3, -0.25) is 9.59 Å². The van der Waals surface area contributed by atoms with Crippen molar-refractivity contribution in [2.24, 2.45) is 0 Å². The van der Waals surface area contributed by atoms with E-state index in [9.17, 15) is 9.59 Å². The Hall–Kier alpha value is -2.66. The number of methoxy groups -OCH3 is 1. The van der Waals surface area contributed by atoms with Gasteiger partial charge >= 0.3 is 0 Å². The summed E-state index contributed by atoms with van der Waals surface area (Å²) in [4.78, 5) is 26.8. The van der Waals surface area contributed by atoms with Gasteiger partial charge in [-0.1, -0.05) is 60.7 Å². The molecule has 0 unspecified atom stereocenters. The number of likely N-dealkylation sites (tertiary alicyclic amines) is 1. The number of benzene rings is 2. The van der Waals surface area contributed by atoms with E-state index >= 15 is 0 Å². The Morgan fingerprint density at radius 1 is 1.00 bits per heavy atom. The number of nitrogens with one attached hydrogen (secondary N) is 1. The maximum absolute atomic E-state index is 13.1. The molecule has 0 radical (unpaired) electrons. The lowest BCUT2D eigenvalue weighted by Gasteiger charge is -2.33. The molecule has 2 aromatic carbocycles. The molecular formula is C22H26N2O3. The Bertz CT molecular complexity index is 701. The second-order valence-electron chi connectivity index (χ2n) is 6.85. The third kappa shape index (κ3) is 4.95. The fraction of sp³-hybridized carbons (Fsp3) is 0.364. The third-order valence-electron chi connectivity index (χ3n) is 4.99. The number of hydrogen-bond donors (Lipinski definition) is 1. The molecule has 2 amide bonds. The van der Waals surface area contributed by atoms with Gasteiger partial charge in [-0.25, -0.2) is 0 Å². The van der Waals surface area contributed by atoms with Crippen LogP contribution in [-0.4, -0.2) is 49.6 Å². The lowest BCUT2D eigenvalue weighted by molar-refractivity contribution is -0.136. The average molecular weight is 366 g/mol. The lowest BCUT2D eigenvalue weighted by atomic mass is 9.90. The van der Waals surface area contributed by atoms with E-state index in [1.807, 2.05) is 60.7 Å². The Kier molecular flexibility index (Phi) is 6.60. The van der Waals surface area contributed by atoms with Crippen molar-refractivity contribution in [3.8, 4) is 0 Å². The van der Waals surface area contributed by atoms with E-state index < -0.39 is 0 Å². The molecule has 3 rings (SSSR count). The molecule has 0 aliphatic carbocycles.